The fourth-order valence-corrected chi connectivity index (χ4v) is 2.52. The Hall–Kier alpha value is -2.29. The van der Waals surface area contributed by atoms with E-state index in [4.69, 9.17) is 0 Å². The molecule has 102 valence electrons. The van der Waals surface area contributed by atoms with E-state index in [1.54, 1.807) is 12.1 Å². The predicted molar refractivity (Wildman–Crippen MR) is 81.6 cm³/mol. The van der Waals surface area contributed by atoms with Crippen LogP contribution in [-0.4, -0.2) is 11.1 Å². The van der Waals surface area contributed by atoms with E-state index in [0.717, 1.165) is 18.8 Å². The Bertz CT molecular complexity index is 713. The number of aryl methyl sites for hydroxylation is 1. The van der Waals surface area contributed by atoms with Gasteiger partial charge >= 0.3 is 0 Å². The Morgan fingerprint density at radius 3 is 2.60 bits per heavy atom. The summed E-state index contributed by atoms with van der Waals surface area (Å²) in [7, 11) is 0. The molecule has 0 saturated carbocycles. The minimum atomic E-state index is -0.206. The molecule has 3 aromatic rings. The van der Waals surface area contributed by atoms with Crippen molar-refractivity contribution in [3.8, 4) is 0 Å². The van der Waals surface area contributed by atoms with Crippen molar-refractivity contribution in [1.82, 2.24) is 4.57 Å². The number of para-hydroxylation sites is 1. The fourth-order valence-electron chi connectivity index (χ4n) is 2.52. The summed E-state index contributed by atoms with van der Waals surface area (Å²) in [6.07, 6.45) is 0. The van der Waals surface area contributed by atoms with E-state index in [1.165, 1.54) is 28.7 Å². The third-order valence-electron chi connectivity index (χ3n) is 3.53. The molecule has 0 unspecified atom stereocenters. The lowest BCUT2D eigenvalue weighted by molar-refractivity contribution is 0.628. The standard InChI is InChI=1S/C17H17FN2/c1-13-12-14-4-2-3-5-17(14)20(13)11-10-19-16-8-6-15(18)7-9-16/h2-9,12,19H,10-11H2,1H3. The average Bonchev–Trinajstić information content (AvgIpc) is 2.77. The van der Waals surface area contributed by atoms with E-state index >= 15 is 0 Å². The zero-order chi connectivity index (χ0) is 13.9. The van der Waals surface area contributed by atoms with Gasteiger partial charge in [0.05, 0.1) is 0 Å². The van der Waals surface area contributed by atoms with Crippen LogP contribution in [0.2, 0.25) is 0 Å². The van der Waals surface area contributed by atoms with Gasteiger partial charge in [0.15, 0.2) is 0 Å². The number of nitrogens with one attached hydrogen (secondary N) is 1. The van der Waals surface area contributed by atoms with Crippen LogP contribution in [0.4, 0.5) is 10.1 Å². The fraction of sp³-hybridized carbons (Fsp3) is 0.176. The Morgan fingerprint density at radius 1 is 1.05 bits per heavy atom. The van der Waals surface area contributed by atoms with Crippen LogP contribution < -0.4 is 5.32 Å². The van der Waals surface area contributed by atoms with Gasteiger partial charge in [-0.25, -0.2) is 4.39 Å². The van der Waals surface area contributed by atoms with Crippen LogP contribution in [0.5, 0.6) is 0 Å². The first kappa shape index (κ1) is 12.7. The van der Waals surface area contributed by atoms with Crippen LogP contribution in [0.1, 0.15) is 5.69 Å². The summed E-state index contributed by atoms with van der Waals surface area (Å²) >= 11 is 0. The van der Waals surface area contributed by atoms with Crippen molar-refractivity contribution >= 4 is 16.6 Å². The highest BCUT2D eigenvalue weighted by Crippen LogP contribution is 2.19. The van der Waals surface area contributed by atoms with Crippen molar-refractivity contribution in [2.24, 2.45) is 0 Å². The molecular weight excluding hydrogens is 251 g/mol. The Morgan fingerprint density at radius 2 is 1.80 bits per heavy atom. The number of anilines is 1. The number of nitrogens with zero attached hydrogens (tertiary/aromatic N) is 1. The molecule has 0 saturated heterocycles. The lowest BCUT2D eigenvalue weighted by Crippen LogP contribution is -2.11. The Balaban J connectivity index is 1.71. The van der Waals surface area contributed by atoms with Gasteiger partial charge in [-0.1, -0.05) is 18.2 Å². The minimum Gasteiger partial charge on any atom is -0.383 e. The lowest BCUT2D eigenvalue weighted by atomic mass is 10.2. The lowest BCUT2D eigenvalue weighted by Gasteiger charge is -2.10. The summed E-state index contributed by atoms with van der Waals surface area (Å²) in [5.74, 6) is -0.206. The molecule has 20 heavy (non-hydrogen) atoms. The smallest absolute Gasteiger partial charge is 0.123 e. The molecule has 2 aromatic carbocycles. The van der Waals surface area contributed by atoms with Crippen molar-refractivity contribution in [3.05, 3.63) is 66.1 Å². The van der Waals surface area contributed by atoms with Crippen LogP contribution >= 0.6 is 0 Å². The van der Waals surface area contributed by atoms with Crippen LogP contribution in [0, 0.1) is 12.7 Å². The molecule has 1 heterocycles. The van der Waals surface area contributed by atoms with Crippen LogP contribution in [-0.2, 0) is 6.54 Å². The maximum atomic E-state index is 12.8. The molecule has 0 aliphatic carbocycles. The maximum absolute atomic E-state index is 12.8. The summed E-state index contributed by atoms with van der Waals surface area (Å²) in [6.45, 7) is 3.82. The van der Waals surface area contributed by atoms with Gasteiger partial charge in [0.2, 0.25) is 0 Å². The average molecular weight is 268 g/mol. The molecule has 0 aliphatic rings. The molecule has 3 rings (SSSR count). The van der Waals surface area contributed by atoms with E-state index < -0.39 is 0 Å². The molecule has 2 nitrogen and oxygen atoms in total. The number of halogens is 1. The Labute approximate surface area is 117 Å². The third-order valence-corrected chi connectivity index (χ3v) is 3.53. The maximum Gasteiger partial charge on any atom is 0.123 e. The van der Waals surface area contributed by atoms with Crippen molar-refractivity contribution in [3.63, 3.8) is 0 Å². The number of aromatic nitrogens is 1. The third kappa shape index (κ3) is 2.52. The minimum absolute atomic E-state index is 0.206. The summed E-state index contributed by atoms with van der Waals surface area (Å²) in [6, 6.07) is 17.1. The van der Waals surface area contributed by atoms with Gasteiger partial charge in [-0.2, -0.15) is 0 Å². The van der Waals surface area contributed by atoms with Gasteiger partial charge in [-0.3, -0.25) is 0 Å². The van der Waals surface area contributed by atoms with Crippen molar-refractivity contribution < 1.29 is 4.39 Å². The number of benzene rings is 2. The first-order valence-electron chi connectivity index (χ1n) is 6.78. The van der Waals surface area contributed by atoms with Gasteiger partial charge < -0.3 is 9.88 Å². The summed E-state index contributed by atoms with van der Waals surface area (Å²) in [4.78, 5) is 0. The van der Waals surface area contributed by atoms with Gasteiger partial charge in [0.1, 0.15) is 5.82 Å². The van der Waals surface area contributed by atoms with Crippen LogP contribution in [0.15, 0.2) is 54.6 Å². The second-order valence-electron chi connectivity index (χ2n) is 4.93. The van der Waals surface area contributed by atoms with Crippen molar-refractivity contribution in [1.29, 1.82) is 0 Å². The molecule has 3 heteroatoms. The molecule has 1 N–H and O–H groups in total. The zero-order valence-corrected chi connectivity index (χ0v) is 11.4. The first-order valence-corrected chi connectivity index (χ1v) is 6.78. The zero-order valence-electron chi connectivity index (χ0n) is 11.4. The molecule has 0 fully saturated rings. The van der Waals surface area contributed by atoms with E-state index in [-0.39, 0.29) is 5.82 Å². The summed E-state index contributed by atoms with van der Waals surface area (Å²) in [5, 5.41) is 4.58. The number of fused-ring (bicyclic) bond motifs is 1. The number of rotatable bonds is 4. The molecule has 1 aromatic heterocycles. The molecular formula is C17H17FN2. The van der Waals surface area contributed by atoms with E-state index in [0.29, 0.717) is 0 Å². The second-order valence-corrected chi connectivity index (χ2v) is 4.93. The quantitative estimate of drug-likeness (QED) is 0.750. The summed E-state index contributed by atoms with van der Waals surface area (Å²) in [5.41, 5.74) is 3.46. The van der Waals surface area contributed by atoms with E-state index in [1.807, 2.05) is 0 Å². The number of hydrogen-bond donors (Lipinski definition) is 1. The van der Waals surface area contributed by atoms with Gasteiger partial charge in [0.25, 0.3) is 0 Å². The van der Waals surface area contributed by atoms with E-state index in [9.17, 15) is 4.39 Å². The largest absolute Gasteiger partial charge is 0.383 e. The topological polar surface area (TPSA) is 17.0 Å². The van der Waals surface area contributed by atoms with Crippen LogP contribution in [0.25, 0.3) is 10.9 Å². The van der Waals surface area contributed by atoms with Crippen LogP contribution in [0.3, 0.4) is 0 Å². The molecule has 0 atom stereocenters. The highest BCUT2D eigenvalue weighted by Gasteiger charge is 2.04. The summed E-state index contributed by atoms with van der Waals surface area (Å²) < 4.78 is 15.1. The highest BCUT2D eigenvalue weighted by molar-refractivity contribution is 5.81. The SMILES string of the molecule is Cc1cc2ccccc2n1CCNc1ccc(F)cc1. The van der Waals surface area contributed by atoms with Crippen molar-refractivity contribution in [2.45, 2.75) is 13.5 Å². The molecule has 0 radical (unpaired) electrons. The predicted octanol–water partition coefficient (Wildman–Crippen LogP) is 4.20. The first-order chi connectivity index (χ1) is 9.74. The van der Waals surface area contributed by atoms with E-state index in [2.05, 4.69) is 47.1 Å². The molecule has 0 aliphatic heterocycles. The normalized spacial score (nSPS) is 10.9. The molecule has 0 amide bonds. The number of hydrogen-bond acceptors (Lipinski definition) is 1. The van der Waals surface area contributed by atoms with Gasteiger partial charge in [-0.05, 0) is 48.7 Å². The Kier molecular flexibility index (Phi) is 3.42. The molecule has 0 bridgehead atoms. The van der Waals surface area contributed by atoms with Gasteiger partial charge in [-0.15, -0.1) is 0 Å². The monoisotopic (exact) mass is 268 g/mol. The van der Waals surface area contributed by atoms with Crippen molar-refractivity contribution in [2.75, 3.05) is 11.9 Å². The molecule has 0 spiro atoms. The second kappa shape index (κ2) is 5.37. The highest BCUT2D eigenvalue weighted by atomic mass is 19.1. The van der Waals surface area contributed by atoms with Gasteiger partial charge in [0, 0.05) is 30.0 Å².